The van der Waals surface area contributed by atoms with Gasteiger partial charge in [-0.1, -0.05) is 6.08 Å². The summed E-state index contributed by atoms with van der Waals surface area (Å²) in [6, 6.07) is 1.85. The van der Waals surface area contributed by atoms with Gasteiger partial charge in [-0.25, -0.2) is 0 Å². The Morgan fingerprint density at radius 1 is 1.33 bits per heavy atom. The van der Waals surface area contributed by atoms with Gasteiger partial charge in [0.1, 0.15) is 0 Å². The number of amides is 1. The van der Waals surface area contributed by atoms with Gasteiger partial charge in [-0.05, 0) is 51.7 Å². The largest absolute Gasteiger partial charge is 0.492 e. The number of nitrogen functional groups attached to an aromatic ring is 1. The number of pyridine rings is 1. The molecule has 2 heterocycles. The number of carbonyl (C=O) groups excluding carboxylic acids is 1. The van der Waals surface area contributed by atoms with Crippen LogP contribution in [0.5, 0.6) is 0 Å². The van der Waals surface area contributed by atoms with Crippen molar-refractivity contribution in [2.45, 2.75) is 52.7 Å². The topological polar surface area (TPSA) is 86.5 Å². The van der Waals surface area contributed by atoms with Crippen molar-refractivity contribution in [3.8, 4) is 0 Å². The number of carbonyl (C=O) groups is 1. The van der Waals surface area contributed by atoms with Crippen LogP contribution in [0, 0.1) is 6.92 Å². The Morgan fingerprint density at radius 2 is 1.92 bits per heavy atom. The van der Waals surface area contributed by atoms with Gasteiger partial charge in [0.05, 0.1) is 23.1 Å². The third kappa shape index (κ3) is 3.97. The molecule has 1 fully saturated rings. The van der Waals surface area contributed by atoms with E-state index in [0.717, 1.165) is 16.7 Å². The molecule has 24 heavy (non-hydrogen) atoms. The maximum Gasteiger partial charge on any atom is 0.492 e. The predicted octanol–water partition coefficient (Wildman–Crippen LogP) is 2.12. The highest BCUT2D eigenvalue weighted by Crippen LogP contribution is 2.38. The Labute approximate surface area is 144 Å². The molecule has 1 aromatic rings. The highest BCUT2D eigenvalue weighted by Gasteiger charge is 2.52. The molecule has 0 unspecified atom stereocenters. The number of rotatable bonds is 4. The monoisotopic (exact) mass is 331 g/mol. The van der Waals surface area contributed by atoms with Crippen LogP contribution in [0.4, 0.5) is 5.69 Å². The molecular weight excluding hydrogens is 305 g/mol. The van der Waals surface area contributed by atoms with Crippen molar-refractivity contribution in [3.63, 3.8) is 0 Å². The van der Waals surface area contributed by atoms with Crippen molar-refractivity contribution < 1.29 is 14.1 Å². The zero-order chi connectivity index (χ0) is 18.1. The lowest BCUT2D eigenvalue weighted by Crippen LogP contribution is -2.41. The summed E-state index contributed by atoms with van der Waals surface area (Å²) in [7, 11) is -0.539. The highest BCUT2D eigenvalue weighted by atomic mass is 16.7. The van der Waals surface area contributed by atoms with Gasteiger partial charge < -0.3 is 20.4 Å². The van der Waals surface area contributed by atoms with Crippen LogP contribution >= 0.6 is 0 Å². The fourth-order valence-electron chi connectivity index (χ4n) is 2.34. The first-order valence-corrected chi connectivity index (χ1v) is 8.04. The van der Waals surface area contributed by atoms with Crippen LogP contribution in [0.15, 0.2) is 17.7 Å². The molecule has 1 amide bonds. The molecule has 0 radical (unpaired) electrons. The standard InChI is InChI=1S/C17H26BN3O3/c1-11-13(8-15(19)10-20-11)7-14(9-21-12(2)22)18-23-16(3,4)17(5,6)24-18/h7-8,10H,9,19H2,1-6H3,(H,21,22). The Morgan fingerprint density at radius 3 is 2.46 bits per heavy atom. The van der Waals surface area contributed by atoms with Crippen molar-refractivity contribution in [3.05, 3.63) is 29.0 Å². The van der Waals surface area contributed by atoms with Gasteiger partial charge in [-0.2, -0.15) is 0 Å². The fourth-order valence-corrected chi connectivity index (χ4v) is 2.34. The van der Waals surface area contributed by atoms with E-state index in [1.807, 2.05) is 46.8 Å². The molecular formula is C17H26BN3O3. The van der Waals surface area contributed by atoms with E-state index in [0.29, 0.717) is 12.2 Å². The van der Waals surface area contributed by atoms with Crippen LogP contribution in [0.25, 0.3) is 6.08 Å². The van der Waals surface area contributed by atoms with Crippen LogP contribution in [-0.4, -0.2) is 35.8 Å². The number of nitrogens with one attached hydrogen (secondary N) is 1. The molecule has 7 heteroatoms. The predicted molar refractivity (Wildman–Crippen MR) is 96.1 cm³/mol. The molecule has 0 aromatic carbocycles. The van der Waals surface area contributed by atoms with E-state index in [1.165, 1.54) is 6.92 Å². The number of hydrogen-bond acceptors (Lipinski definition) is 5. The normalized spacial score (nSPS) is 19.4. The number of aromatic nitrogens is 1. The smallest absolute Gasteiger partial charge is 0.400 e. The van der Waals surface area contributed by atoms with Gasteiger partial charge in [0.15, 0.2) is 0 Å². The molecule has 1 aliphatic heterocycles. The lowest BCUT2D eigenvalue weighted by Gasteiger charge is -2.32. The number of anilines is 1. The number of aryl methyl sites for hydroxylation is 1. The average molecular weight is 331 g/mol. The van der Waals surface area contributed by atoms with E-state index in [9.17, 15) is 4.79 Å². The highest BCUT2D eigenvalue weighted by molar-refractivity contribution is 6.56. The van der Waals surface area contributed by atoms with Crippen LogP contribution in [0.2, 0.25) is 0 Å². The van der Waals surface area contributed by atoms with E-state index >= 15 is 0 Å². The SMILES string of the molecule is CC(=O)NCC(=Cc1cc(N)cnc1C)B1OC(C)(C)C(C)(C)O1. The molecule has 3 N–H and O–H groups in total. The third-order valence-corrected chi connectivity index (χ3v) is 4.59. The van der Waals surface area contributed by atoms with Gasteiger partial charge in [0.25, 0.3) is 0 Å². The van der Waals surface area contributed by atoms with Crippen molar-refractivity contribution in [1.82, 2.24) is 10.3 Å². The van der Waals surface area contributed by atoms with Crippen LogP contribution in [0.1, 0.15) is 45.9 Å². The van der Waals surface area contributed by atoms with E-state index in [2.05, 4.69) is 10.3 Å². The summed E-state index contributed by atoms with van der Waals surface area (Å²) in [5, 5.41) is 2.81. The second-order valence-electron chi connectivity index (χ2n) is 7.16. The van der Waals surface area contributed by atoms with Gasteiger partial charge in [-0.15, -0.1) is 0 Å². The molecule has 6 nitrogen and oxygen atoms in total. The summed E-state index contributed by atoms with van der Waals surface area (Å²) < 4.78 is 12.2. The first kappa shape index (κ1) is 18.5. The molecule has 0 aliphatic carbocycles. The summed E-state index contributed by atoms with van der Waals surface area (Å²) in [5.41, 5.74) is 8.07. The zero-order valence-electron chi connectivity index (χ0n) is 15.3. The summed E-state index contributed by atoms with van der Waals surface area (Å²) in [6.07, 6.45) is 3.55. The molecule has 1 saturated heterocycles. The molecule has 2 rings (SSSR count). The van der Waals surface area contributed by atoms with E-state index < -0.39 is 18.3 Å². The first-order valence-electron chi connectivity index (χ1n) is 8.04. The number of hydrogen-bond donors (Lipinski definition) is 2. The molecule has 0 saturated carbocycles. The third-order valence-electron chi connectivity index (χ3n) is 4.59. The van der Waals surface area contributed by atoms with Crippen molar-refractivity contribution >= 4 is 24.8 Å². The molecule has 130 valence electrons. The molecule has 1 aromatic heterocycles. The minimum Gasteiger partial charge on any atom is -0.400 e. The second kappa shape index (κ2) is 6.57. The van der Waals surface area contributed by atoms with Crippen molar-refractivity contribution in [2.75, 3.05) is 12.3 Å². The van der Waals surface area contributed by atoms with E-state index in [-0.39, 0.29) is 5.91 Å². The number of nitrogens with zero attached hydrogens (tertiary/aromatic N) is 1. The molecule has 0 bridgehead atoms. The first-order chi connectivity index (χ1) is 11.0. The molecule has 1 aliphatic rings. The van der Waals surface area contributed by atoms with Gasteiger partial charge >= 0.3 is 7.12 Å². The summed E-state index contributed by atoms with van der Waals surface area (Å²) in [4.78, 5) is 15.6. The van der Waals surface area contributed by atoms with Crippen LogP contribution < -0.4 is 11.1 Å². The lowest BCUT2D eigenvalue weighted by molar-refractivity contribution is -0.118. The average Bonchev–Trinajstić information content (AvgIpc) is 2.66. The van der Waals surface area contributed by atoms with Crippen molar-refractivity contribution in [1.29, 1.82) is 0 Å². The van der Waals surface area contributed by atoms with Crippen LogP contribution in [0.3, 0.4) is 0 Å². The molecule has 0 atom stereocenters. The molecule has 0 spiro atoms. The number of nitrogens with two attached hydrogens (primary N) is 1. The van der Waals surface area contributed by atoms with Gasteiger partial charge in [0.2, 0.25) is 5.91 Å². The Kier molecular flexibility index (Phi) is 5.06. The van der Waals surface area contributed by atoms with Crippen LogP contribution in [-0.2, 0) is 14.1 Å². The summed E-state index contributed by atoms with van der Waals surface area (Å²) in [6.45, 7) is 11.7. The Hall–Kier alpha value is -1.86. The van der Waals surface area contributed by atoms with Gasteiger partial charge in [-0.3, -0.25) is 9.78 Å². The van der Waals surface area contributed by atoms with Crippen molar-refractivity contribution in [2.24, 2.45) is 0 Å². The zero-order valence-corrected chi connectivity index (χ0v) is 15.3. The lowest BCUT2D eigenvalue weighted by atomic mass is 9.76. The van der Waals surface area contributed by atoms with Gasteiger partial charge in [0, 0.05) is 19.2 Å². The summed E-state index contributed by atoms with van der Waals surface area (Å²) >= 11 is 0. The summed E-state index contributed by atoms with van der Waals surface area (Å²) in [5.74, 6) is -0.111. The maximum atomic E-state index is 11.3. The van der Waals surface area contributed by atoms with E-state index in [1.54, 1.807) is 6.20 Å². The Balaban J connectivity index is 2.37. The minimum atomic E-state index is -0.539. The quantitative estimate of drug-likeness (QED) is 0.826. The minimum absolute atomic E-state index is 0.111. The second-order valence-corrected chi connectivity index (χ2v) is 7.16. The van der Waals surface area contributed by atoms with E-state index in [4.69, 9.17) is 15.0 Å². The maximum absolute atomic E-state index is 11.3. The fraction of sp³-hybridized carbons (Fsp3) is 0.529. The Bertz CT molecular complexity index is 655.